The summed E-state index contributed by atoms with van der Waals surface area (Å²) >= 11 is 1.23. The van der Waals surface area contributed by atoms with Gasteiger partial charge in [0.2, 0.25) is 5.55 Å². The number of hydrogen-bond acceptors (Lipinski definition) is 7. The quantitative estimate of drug-likeness (QED) is 0.395. The molecule has 0 atom stereocenters. The van der Waals surface area contributed by atoms with Gasteiger partial charge in [0.15, 0.2) is 5.13 Å². The van der Waals surface area contributed by atoms with Crippen LogP contribution in [0.1, 0.15) is 10.4 Å². The first kappa shape index (κ1) is 18.4. The molecule has 0 spiro atoms. The monoisotopic (exact) mass is 410 g/mol. The number of fused-ring (bicyclic) bond motifs is 1. The van der Waals surface area contributed by atoms with Crippen molar-refractivity contribution in [2.45, 2.75) is 0 Å². The van der Waals surface area contributed by atoms with E-state index in [9.17, 15) is 19.3 Å². The van der Waals surface area contributed by atoms with Gasteiger partial charge in [-0.2, -0.15) is 0 Å². The number of rotatable bonds is 4. The fourth-order valence-electron chi connectivity index (χ4n) is 2.56. The molecule has 0 aliphatic rings. The second kappa shape index (κ2) is 7.60. The van der Waals surface area contributed by atoms with Crippen LogP contribution in [0.5, 0.6) is 0 Å². The largest absolute Gasteiger partial charge is 0.438 e. The van der Waals surface area contributed by atoms with E-state index in [-0.39, 0.29) is 16.8 Å². The van der Waals surface area contributed by atoms with Crippen molar-refractivity contribution in [2.75, 3.05) is 5.32 Å². The van der Waals surface area contributed by atoms with Gasteiger partial charge in [-0.05, 0) is 36.4 Å². The molecule has 4 rings (SSSR count). The Morgan fingerprint density at radius 3 is 2.69 bits per heavy atom. The number of nitro benzene ring substituents is 1. The van der Waals surface area contributed by atoms with Gasteiger partial charge in [-0.1, -0.05) is 0 Å². The summed E-state index contributed by atoms with van der Waals surface area (Å²) in [5, 5.41) is 16.1. The summed E-state index contributed by atoms with van der Waals surface area (Å²) in [5.41, 5.74) is 0.578. The van der Waals surface area contributed by atoms with Crippen LogP contribution in [0.2, 0.25) is 0 Å². The summed E-state index contributed by atoms with van der Waals surface area (Å²) in [5.74, 6) is -0.966. The van der Waals surface area contributed by atoms with Crippen molar-refractivity contribution in [1.82, 2.24) is 4.98 Å². The Kier molecular flexibility index (Phi) is 4.83. The van der Waals surface area contributed by atoms with Gasteiger partial charge < -0.3 is 4.42 Å². The number of non-ortho nitro benzene ring substituents is 1. The van der Waals surface area contributed by atoms with Crippen molar-refractivity contribution >= 4 is 44.7 Å². The van der Waals surface area contributed by atoms with Gasteiger partial charge in [0, 0.05) is 29.1 Å². The maximum atomic E-state index is 13.2. The van der Waals surface area contributed by atoms with E-state index >= 15 is 0 Å². The van der Waals surface area contributed by atoms with Crippen LogP contribution in [0.15, 0.2) is 69.5 Å². The number of aromatic nitrogens is 1. The molecular weight excluding hydrogens is 399 g/mol. The van der Waals surface area contributed by atoms with Crippen LogP contribution in [0.25, 0.3) is 11.0 Å². The first-order chi connectivity index (χ1) is 14.0. The van der Waals surface area contributed by atoms with Crippen molar-refractivity contribution in [3.63, 3.8) is 0 Å². The number of carbonyl (C=O) groups excluding carboxylic acids is 1. The summed E-state index contributed by atoms with van der Waals surface area (Å²) in [4.78, 5) is 31.6. The van der Waals surface area contributed by atoms with Gasteiger partial charge in [0.25, 0.3) is 11.6 Å². The van der Waals surface area contributed by atoms with Crippen LogP contribution in [0.3, 0.4) is 0 Å². The van der Waals surface area contributed by atoms with E-state index in [1.165, 1.54) is 66.1 Å². The smallest absolute Gasteiger partial charge is 0.270 e. The van der Waals surface area contributed by atoms with Gasteiger partial charge in [-0.15, -0.1) is 11.3 Å². The SMILES string of the molecule is O=C(Nc1nccs1)c1cc2cc([N+](=O)[O-])ccc2oc1=Nc1ccc(F)cc1. The lowest BCUT2D eigenvalue weighted by Crippen LogP contribution is -2.21. The number of benzene rings is 2. The lowest BCUT2D eigenvalue weighted by atomic mass is 10.1. The average Bonchev–Trinajstić information content (AvgIpc) is 3.21. The van der Waals surface area contributed by atoms with Crippen LogP contribution >= 0.6 is 11.3 Å². The number of halogens is 1. The lowest BCUT2D eigenvalue weighted by molar-refractivity contribution is -0.384. The molecule has 0 bridgehead atoms. The van der Waals surface area contributed by atoms with Crippen molar-refractivity contribution in [1.29, 1.82) is 0 Å². The fraction of sp³-hybridized carbons (Fsp3) is 0. The number of nitrogens with zero attached hydrogens (tertiary/aromatic N) is 3. The first-order valence-corrected chi connectivity index (χ1v) is 9.11. The molecule has 144 valence electrons. The van der Waals surface area contributed by atoms with Gasteiger partial charge >= 0.3 is 0 Å². The Morgan fingerprint density at radius 2 is 2.00 bits per heavy atom. The van der Waals surface area contributed by atoms with Gasteiger partial charge in [-0.25, -0.2) is 14.4 Å². The molecule has 1 amide bonds. The minimum absolute atomic E-state index is 0.0213. The molecule has 4 aromatic rings. The zero-order valence-electron chi connectivity index (χ0n) is 14.5. The molecule has 8 nitrogen and oxygen atoms in total. The van der Waals surface area contributed by atoms with Crippen LogP contribution < -0.4 is 10.9 Å². The molecule has 2 heterocycles. The molecule has 0 aliphatic carbocycles. The van der Waals surface area contributed by atoms with Crippen LogP contribution in [0.4, 0.5) is 20.9 Å². The third-order valence-corrected chi connectivity index (χ3v) is 4.58. The highest BCUT2D eigenvalue weighted by Gasteiger charge is 2.16. The van der Waals surface area contributed by atoms with Gasteiger partial charge in [-0.3, -0.25) is 20.2 Å². The third kappa shape index (κ3) is 4.01. The maximum Gasteiger partial charge on any atom is 0.270 e. The Bertz CT molecular complexity index is 1280. The average molecular weight is 410 g/mol. The molecule has 10 heteroatoms. The van der Waals surface area contributed by atoms with E-state index in [4.69, 9.17) is 4.42 Å². The molecule has 2 aromatic heterocycles. The zero-order chi connectivity index (χ0) is 20.4. The van der Waals surface area contributed by atoms with Crippen LogP contribution in [0, 0.1) is 15.9 Å². The summed E-state index contributed by atoms with van der Waals surface area (Å²) in [6, 6.07) is 10.8. The number of anilines is 1. The molecule has 0 fully saturated rings. The van der Waals surface area contributed by atoms with Crippen LogP contribution in [-0.2, 0) is 0 Å². The van der Waals surface area contributed by atoms with Crippen LogP contribution in [-0.4, -0.2) is 15.8 Å². The number of amides is 1. The highest BCUT2D eigenvalue weighted by atomic mass is 32.1. The molecule has 0 aliphatic heterocycles. The Hall–Kier alpha value is -3.92. The summed E-state index contributed by atoms with van der Waals surface area (Å²) in [6.45, 7) is 0. The Labute approximate surface area is 166 Å². The van der Waals surface area contributed by atoms with E-state index in [1.54, 1.807) is 5.38 Å². The van der Waals surface area contributed by atoms with Gasteiger partial charge in [0.05, 0.1) is 10.6 Å². The predicted molar refractivity (Wildman–Crippen MR) is 105 cm³/mol. The minimum Gasteiger partial charge on any atom is -0.438 e. The molecule has 1 N–H and O–H groups in total. The number of nitro groups is 1. The number of thiazole rings is 1. The van der Waals surface area contributed by atoms with E-state index in [0.717, 1.165) is 0 Å². The predicted octanol–water partition coefficient (Wildman–Crippen LogP) is 4.42. The maximum absolute atomic E-state index is 13.2. The van der Waals surface area contributed by atoms with E-state index in [1.807, 2.05) is 0 Å². The summed E-state index contributed by atoms with van der Waals surface area (Å²) in [6.07, 6.45) is 1.54. The molecule has 2 aromatic carbocycles. The number of hydrogen-bond donors (Lipinski definition) is 1. The van der Waals surface area contributed by atoms with E-state index in [2.05, 4.69) is 15.3 Å². The van der Waals surface area contributed by atoms with Crippen molar-refractivity contribution in [3.8, 4) is 0 Å². The van der Waals surface area contributed by atoms with E-state index < -0.39 is 16.6 Å². The standard InChI is InChI=1S/C19H11FN4O4S/c20-12-1-3-13(4-2-12)22-18-15(17(25)23-19-21-7-8-29-19)10-11-9-14(24(26)27)5-6-16(11)28-18/h1-10H,(H,21,23,25). The minimum atomic E-state index is -0.544. The normalized spacial score (nSPS) is 11.6. The summed E-state index contributed by atoms with van der Waals surface area (Å²) < 4.78 is 18.9. The zero-order valence-corrected chi connectivity index (χ0v) is 15.4. The highest BCUT2D eigenvalue weighted by molar-refractivity contribution is 7.13. The third-order valence-electron chi connectivity index (χ3n) is 3.90. The summed E-state index contributed by atoms with van der Waals surface area (Å²) in [7, 11) is 0. The second-order valence-electron chi connectivity index (χ2n) is 5.82. The van der Waals surface area contributed by atoms with Gasteiger partial charge in [0.1, 0.15) is 17.0 Å². The van der Waals surface area contributed by atoms with Crippen molar-refractivity contribution in [3.05, 3.63) is 87.2 Å². The highest BCUT2D eigenvalue weighted by Crippen LogP contribution is 2.22. The van der Waals surface area contributed by atoms with E-state index in [0.29, 0.717) is 21.8 Å². The lowest BCUT2D eigenvalue weighted by Gasteiger charge is -2.05. The first-order valence-electron chi connectivity index (χ1n) is 8.23. The van der Waals surface area contributed by atoms with Crippen molar-refractivity contribution in [2.24, 2.45) is 4.99 Å². The molecule has 0 saturated heterocycles. The topological polar surface area (TPSA) is 111 Å². The second-order valence-corrected chi connectivity index (χ2v) is 6.72. The number of nitrogens with one attached hydrogen (secondary N) is 1. The molecule has 29 heavy (non-hydrogen) atoms. The van der Waals surface area contributed by atoms with Crippen molar-refractivity contribution < 1.29 is 18.5 Å². The fourth-order valence-corrected chi connectivity index (χ4v) is 3.08. The molecule has 0 saturated carbocycles. The Morgan fingerprint density at radius 1 is 1.21 bits per heavy atom. The molecule has 0 radical (unpaired) electrons. The molecular formula is C19H11FN4O4S. The molecule has 0 unspecified atom stereocenters. The Balaban J connectivity index is 1.88. The number of carbonyl (C=O) groups is 1.